The number of hydrogen-bond donors (Lipinski definition) is 1. The molecular formula is C21H34FN5O. The van der Waals surface area contributed by atoms with Crippen LogP contribution in [0.25, 0.3) is 0 Å². The average Bonchev–Trinajstić information content (AvgIpc) is 3.22. The third-order valence-electron chi connectivity index (χ3n) is 5.63. The number of aliphatic imine (C=N–C) groups is 1. The maximum Gasteiger partial charge on any atom is 0.193 e. The fourth-order valence-corrected chi connectivity index (χ4v) is 4.01. The van der Waals surface area contributed by atoms with E-state index in [0.717, 1.165) is 83.5 Å². The molecule has 6 nitrogen and oxygen atoms in total. The molecule has 0 bridgehead atoms. The zero-order valence-electron chi connectivity index (χ0n) is 17.2. The first-order chi connectivity index (χ1) is 13.7. The Labute approximate surface area is 168 Å². The summed E-state index contributed by atoms with van der Waals surface area (Å²) in [6.07, 6.45) is 2.21. The van der Waals surface area contributed by atoms with Gasteiger partial charge in [-0.15, -0.1) is 0 Å². The smallest absolute Gasteiger partial charge is 0.193 e. The number of rotatable bonds is 7. The molecule has 2 aliphatic rings. The lowest BCUT2D eigenvalue weighted by Crippen LogP contribution is -2.47. The molecule has 156 valence electrons. The van der Waals surface area contributed by atoms with E-state index in [9.17, 15) is 4.39 Å². The Balaban J connectivity index is 1.32. The van der Waals surface area contributed by atoms with Gasteiger partial charge in [0, 0.05) is 65.9 Å². The highest BCUT2D eigenvalue weighted by atomic mass is 19.1. The van der Waals surface area contributed by atoms with Crippen LogP contribution in [0.4, 0.5) is 10.1 Å². The van der Waals surface area contributed by atoms with Crippen molar-refractivity contribution in [3.05, 3.63) is 30.1 Å². The molecule has 1 aromatic carbocycles. The van der Waals surface area contributed by atoms with Crippen LogP contribution in [0.15, 0.2) is 29.3 Å². The second-order valence-electron chi connectivity index (χ2n) is 7.72. The Morgan fingerprint density at radius 3 is 2.75 bits per heavy atom. The zero-order valence-corrected chi connectivity index (χ0v) is 17.2. The van der Waals surface area contributed by atoms with Crippen molar-refractivity contribution in [2.24, 2.45) is 10.9 Å². The van der Waals surface area contributed by atoms with Crippen LogP contribution in [-0.2, 0) is 4.74 Å². The van der Waals surface area contributed by atoms with Crippen LogP contribution < -0.4 is 10.2 Å². The summed E-state index contributed by atoms with van der Waals surface area (Å²) in [5.41, 5.74) is 0.725. The summed E-state index contributed by atoms with van der Waals surface area (Å²) in [4.78, 5) is 11.2. The Bertz CT molecular complexity index is 627. The van der Waals surface area contributed by atoms with Crippen molar-refractivity contribution in [3.63, 3.8) is 0 Å². The van der Waals surface area contributed by atoms with Gasteiger partial charge >= 0.3 is 0 Å². The molecule has 0 spiro atoms. The molecule has 1 atom stereocenters. The second-order valence-corrected chi connectivity index (χ2v) is 7.72. The van der Waals surface area contributed by atoms with Crippen molar-refractivity contribution < 1.29 is 9.13 Å². The number of nitrogens with one attached hydrogen (secondary N) is 1. The number of anilines is 1. The average molecular weight is 392 g/mol. The summed E-state index contributed by atoms with van der Waals surface area (Å²) < 4.78 is 19.4. The van der Waals surface area contributed by atoms with Gasteiger partial charge in [0.1, 0.15) is 5.82 Å². The van der Waals surface area contributed by atoms with E-state index in [2.05, 4.69) is 32.1 Å². The maximum absolute atomic E-state index is 13.9. The number of benzene rings is 1. The molecule has 7 heteroatoms. The highest BCUT2D eigenvalue weighted by Crippen LogP contribution is 2.20. The standard InChI is InChI=1S/C21H34FN5O/c1-23-21(25(2)16-18-8-15-28-17-18)24-9-5-10-26-11-13-27(14-12-26)20-7-4-3-6-19(20)22/h3-4,6-7,18H,5,8-17H2,1-2H3,(H,23,24). The fourth-order valence-electron chi connectivity index (χ4n) is 4.01. The van der Waals surface area contributed by atoms with E-state index >= 15 is 0 Å². The van der Waals surface area contributed by atoms with Gasteiger partial charge in [0.15, 0.2) is 5.96 Å². The van der Waals surface area contributed by atoms with Gasteiger partial charge in [0.05, 0.1) is 12.3 Å². The lowest BCUT2D eigenvalue weighted by molar-refractivity contribution is 0.181. The van der Waals surface area contributed by atoms with Crippen molar-refractivity contribution in [2.75, 3.05) is 78.0 Å². The number of ether oxygens (including phenoxy) is 1. The van der Waals surface area contributed by atoms with Crippen LogP contribution in [-0.4, -0.2) is 88.9 Å². The highest BCUT2D eigenvalue weighted by molar-refractivity contribution is 5.79. The lowest BCUT2D eigenvalue weighted by Gasteiger charge is -2.36. The summed E-state index contributed by atoms with van der Waals surface area (Å²) in [6, 6.07) is 7.06. The number of hydrogen-bond acceptors (Lipinski definition) is 4. The van der Waals surface area contributed by atoms with Crippen molar-refractivity contribution in [2.45, 2.75) is 12.8 Å². The number of halogens is 1. The van der Waals surface area contributed by atoms with Crippen LogP contribution in [0.2, 0.25) is 0 Å². The van der Waals surface area contributed by atoms with Crippen molar-refractivity contribution in [1.82, 2.24) is 15.1 Å². The largest absolute Gasteiger partial charge is 0.381 e. The molecule has 1 unspecified atom stereocenters. The van der Waals surface area contributed by atoms with E-state index in [4.69, 9.17) is 4.74 Å². The molecule has 0 aliphatic carbocycles. The minimum Gasteiger partial charge on any atom is -0.381 e. The van der Waals surface area contributed by atoms with Crippen molar-refractivity contribution in [1.29, 1.82) is 0 Å². The molecule has 0 amide bonds. The minimum absolute atomic E-state index is 0.125. The van der Waals surface area contributed by atoms with E-state index in [1.165, 1.54) is 6.07 Å². The molecule has 2 saturated heterocycles. The molecule has 2 fully saturated rings. The van der Waals surface area contributed by atoms with Gasteiger partial charge in [0.25, 0.3) is 0 Å². The van der Waals surface area contributed by atoms with Crippen molar-refractivity contribution in [3.8, 4) is 0 Å². The molecule has 2 heterocycles. The fraction of sp³-hybridized carbons (Fsp3) is 0.667. The van der Waals surface area contributed by atoms with Crippen LogP contribution in [0.1, 0.15) is 12.8 Å². The van der Waals surface area contributed by atoms with E-state index < -0.39 is 0 Å². The minimum atomic E-state index is -0.125. The number of guanidine groups is 1. The number of piperazine rings is 1. The molecule has 0 radical (unpaired) electrons. The normalized spacial score (nSPS) is 21.2. The molecule has 2 aliphatic heterocycles. The van der Waals surface area contributed by atoms with Gasteiger partial charge in [-0.2, -0.15) is 0 Å². The summed E-state index contributed by atoms with van der Waals surface area (Å²) in [5, 5.41) is 3.47. The predicted molar refractivity (Wildman–Crippen MR) is 113 cm³/mol. The van der Waals surface area contributed by atoms with Gasteiger partial charge < -0.3 is 19.9 Å². The first kappa shape index (κ1) is 20.9. The van der Waals surface area contributed by atoms with Crippen LogP contribution in [0.3, 0.4) is 0 Å². The van der Waals surface area contributed by atoms with Gasteiger partial charge in [0.2, 0.25) is 0 Å². The lowest BCUT2D eigenvalue weighted by atomic mass is 10.1. The zero-order chi connectivity index (χ0) is 19.8. The molecule has 0 aromatic heterocycles. The van der Waals surface area contributed by atoms with E-state index in [1.807, 2.05) is 19.2 Å². The maximum atomic E-state index is 13.9. The molecule has 1 N–H and O–H groups in total. The van der Waals surface area contributed by atoms with Gasteiger partial charge in [-0.1, -0.05) is 12.1 Å². The van der Waals surface area contributed by atoms with Crippen LogP contribution >= 0.6 is 0 Å². The quantitative estimate of drug-likeness (QED) is 0.437. The Kier molecular flexibility index (Phi) is 7.91. The second kappa shape index (κ2) is 10.6. The van der Waals surface area contributed by atoms with Crippen LogP contribution in [0.5, 0.6) is 0 Å². The summed E-state index contributed by atoms with van der Waals surface area (Å²) in [5.74, 6) is 1.44. The number of para-hydroxylation sites is 1. The third-order valence-corrected chi connectivity index (χ3v) is 5.63. The molecule has 3 rings (SSSR count). The summed E-state index contributed by atoms with van der Waals surface area (Å²) in [7, 11) is 3.93. The molecule has 0 saturated carbocycles. The Morgan fingerprint density at radius 1 is 1.29 bits per heavy atom. The molecule has 28 heavy (non-hydrogen) atoms. The van der Waals surface area contributed by atoms with Gasteiger partial charge in [-0.05, 0) is 31.5 Å². The third kappa shape index (κ3) is 5.82. The van der Waals surface area contributed by atoms with Crippen LogP contribution in [0, 0.1) is 11.7 Å². The SMILES string of the molecule is CN=C(NCCCN1CCN(c2ccccc2F)CC1)N(C)CC1CCOC1. The monoisotopic (exact) mass is 391 g/mol. The number of nitrogens with zero attached hydrogens (tertiary/aromatic N) is 4. The predicted octanol–water partition coefficient (Wildman–Crippen LogP) is 1.88. The van der Waals surface area contributed by atoms with E-state index in [0.29, 0.717) is 5.92 Å². The topological polar surface area (TPSA) is 43.3 Å². The first-order valence-corrected chi connectivity index (χ1v) is 10.4. The molecule has 1 aromatic rings. The van der Waals surface area contributed by atoms with E-state index in [1.54, 1.807) is 6.07 Å². The Hall–Kier alpha value is -1.86. The Morgan fingerprint density at radius 2 is 2.07 bits per heavy atom. The van der Waals surface area contributed by atoms with E-state index in [-0.39, 0.29) is 5.82 Å². The van der Waals surface area contributed by atoms with Gasteiger partial charge in [-0.3, -0.25) is 9.89 Å². The summed E-state index contributed by atoms with van der Waals surface area (Å²) >= 11 is 0. The van der Waals surface area contributed by atoms with Gasteiger partial charge in [-0.25, -0.2) is 4.39 Å². The highest BCUT2D eigenvalue weighted by Gasteiger charge is 2.20. The summed E-state index contributed by atoms with van der Waals surface area (Å²) in [6.45, 7) is 8.40. The van der Waals surface area contributed by atoms with Crippen molar-refractivity contribution >= 4 is 11.6 Å². The molecular weight excluding hydrogens is 357 g/mol. The first-order valence-electron chi connectivity index (χ1n) is 10.4.